The number of carbonyl (C=O) groups excluding carboxylic acids is 1. The zero-order valence-corrected chi connectivity index (χ0v) is 35.0. The summed E-state index contributed by atoms with van der Waals surface area (Å²) in [6.45, 7) is 3.51. The lowest BCUT2D eigenvalue weighted by atomic mass is 9.99. The van der Waals surface area contributed by atoms with E-state index in [0.29, 0.717) is 12.8 Å². The Morgan fingerprint density at radius 3 is 1.70 bits per heavy atom. The number of rotatable bonds is 35. The first-order valence-corrected chi connectivity index (χ1v) is 22.1. The van der Waals surface area contributed by atoms with Crippen LogP contribution >= 0.6 is 0 Å². The molecule has 0 spiro atoms. The molecule has 7 N–H and O–H groups in total. The van der Waals surface area contributed by atoms with E-state index >= 15 is 0 Å². The molecule has 0 bridgehead atoms. The normalized spacial score (nSPS) is 22.3. The number of amides is 1. The third kappa shape index (κ3) is 26.0. The average molecular weight is 792 g/mol. The minimum Gasteiger partial charge on any atom is -0.394 e. The zero-order chi connectivity index (χ0) is 41.1. The molecule has 0 saturated carbocycles. The Morgan fingerprint density at radius 2 is 1.11 bits per heavy atom. The molecule has 1 heterocycles. The van der Waals surface area contributed by atoms with Crippen molar-refractivity contribution in [1.82, 2.24) is 5.32 Å². The Bertz CT molecular complexity index is 1070. The fraction of sp³-hybridized carbons (Fsp3) is 0.761. The van der Waals surface area contributed by atoms with Gasteiger partial charge in [0, 0.05) is 0 Å². The first-order chi connectivity index (χ1) is 27.3. The van der Waals surface area contributed by atoms with Crippen LogP contribution in [0.15, 0.2) is 60.8 Å². The van der Waals surface area contributed by atoms with Crippen LogP contribution in [0.3, 0.4) is 0 Å². The second-order valence-electron chi connectivity index (χ2n) is 15.3. The number of aliphatic hydroxyl groups is 6. The van der Waals surface area contributed by atoms with E-state index in [1.807, 2.05) is 6.08 Å². The summed E-state index contributed by atoms with van der Waals surface area (Å²) in [5, 5.41) is 64.5. The topological polar surface area (TPSA) is 169 Å². The number of allylic oxidation sites excluding steroid dienone is 9. The summed E-state index contributed by atoms with van der Waals surface area (Å²) >= 11 is 0. The van der Waals surface area contributed by atoms with Crippen molar-refractivity contribution in [2.24, 2.45) is 0 Å². The van der Waals surface area contributed by atoms with E-state index in [0.717, 1.165) is 64.2 Å². The Kier molecular flexibility index (Phi) is 33.3. The molecule has 0 aromatic rings. The lowest BCUT2D eigenvalue weighted by Gasteiger charge is -2.40. The largest absolute Gasteiger partial charge is 0.394 e. The summed E-state index contributed by atoms with van der Waals surface area (Å²) in [4.78, 5) is 13.0. The van der Waals surface area contributed by atoms with Crippen molar-refractivity contribution in [3.8, 4) is 0 Å². The maximum Gasteiger partial charge on any atom is 0.249 e. The average Bonchev–Trinajstić information content (AvgIpc) is 3.20. The van der Waals surface area contributed by atoms with Gasteiger partial charge in [-0.2, -0.15) is 0 Å². The second-order valence-corrected chi connectivity index (χ2v) is 15.3. The van der Waals surface area contributed by atoms with Crippen LogP contribution in [0.5, 0.6) is 0 Å². The molecular formula is C46H81NO9. The van der Waals surface area contributed by atoms with Crippen LogP contribution in [0.2, 0.25) is 0 Å². The van der Waals surface area contributed by atoms with Crippen molar-refractivity contribution in [3.05, 3.63) is 60.8 Å². The van der Waals surface area contributed by atoms with E-state index in [9.17, 15) is 35.4 Å². The number of carbonyl (C=O) groups is 1. The molecule has 1 amide bonds. The quantitative estimate of drug-likeness (QED) is 0.0192. The molecule has 56 heavy (non-hydrogen) atoms. The fourth-order valence-electron chi connectivity index (χ4n) is 6.48. The molecule has 1 saturated heterocycles. The van der Waals surface area contributed by atoms with Gasteiger partial charge in [0.05, 0.1) is 25.4 Å². The van der Waals surface area contributed by atoms with E-state index in [1.165, 1.54) is 64.2 Å². The highest BCUT2D eigenvalue weighted by molar-refractivity contribution is 5.80. The summed E-state index contributed by atoms with van der Waals surface area (Å²) in [7, 11) is 0. The van der Waals surface area contributed by atoms with Gasteiger partial charge in [-0.05, 0) is 70.6 Å². The number of ether oxygens (including phenoxy) is 2. The van der Waals surface area contributed by atoms with Gasteiger partial charge in [-0.15, -0.1) is 0 Å². The Labute approximate surface area is 339 Å². The van der Waals surface area contributed by atoms with E-state index in [2.05, 4.69) is 67.8 Å². The molecule has 0 radical (unpaired) electrons. The van der Waals surface area contributed by atoms with E-state index < -0.39 is 61.5 Å². The lowest BCUT2D eigenvalue weighted by molar-refractivity contribution is -0.302. The number of hydrogen-bond donors (Lipinski definition) is 7. The molecule has 8 atom stereocenters. The standard InChI is InChI=1S/C46H81NO9/c1-3-5-7-9-11-13-15-17-19-20-21-23-24-26-28-30-32-34-39(49)38(37-55-46-44(53)43(52)42(51)41(36-48)56-46)47-45(54)40(50)35-33-31-29-27-25-22-18-16-14-12-10-8-6-4-2/h12,14,16,18-20,24,26,32,34,38-44,46,48-53H,3-11,13,15,17,21-23,25,27-31,33,35-37H2,1-2H3,(H,47,54)/b14-12-,18-16-,20-19+,26-24+,34-32+. The van der Waals surface area contributed by atoms with Crippen molar-refractivity contribution >= 4 is 5.91 Å². The Hall–Kier alpha value is -2.15. The molecule has 0 aliphatic carbocycles. The molecule has 1 aliphatic rings. The Balaban J connectivity index is 2.51. The van der Waals surface area contributed by atoms with Crippen LogP contribution in [-0.4, -0.2) is 98.7 Å². The molecule has 0 aromatic heterocycles. The summed E-state index contributed by atoms with van der Waals surface area (Å²) in [5.41, 5.74) is 0. The molecular weight excluding hydrogens is 711 g/mol. The zero-order valence-electron chi connectivity index (χ0n) is 35.0. The van der Waals surface area contributed by atoms with Crippen molar-refractivity contribution in [2.75, 3.05) is 13.2 Å². The number of nitrogens with one attached hydrogen (secondary N) is 1. The molecule has 1 fully saturated rings. The van der Waals surface area contributed by atoms with E-state index in [4.69, 9.17) is 9.47 Å². The minimum atomic E-state index is -1.62. The highest BCUT2D eigenvalue weighted by Gasteiger charge is 2.44. The van der Waals surface area contributed by atoms with Crippen LogP contribution in [-0.2, 0) is 14.3 Å². The minimum absolute atomic E-state index is 0.280. The highest BCUT2D eigenvalue weighted by atomic mass is 16.7. The second kappa shape index (κ2) is 36.0. The van der Waals surface area contributed by atoms with Crippen molar-refractivity contribution in [1.29, 1.82) is 0 Å². The van der Waals surface area contributed by atoms with Gasteiger partial charge in [0.25, 0.3) is 0 Å². The lowest BCUT2D eigenvalue weighted by Crippen LogP contribution is -2.60. The number of hydrogen-bond acceptors (Lipinski definition) is 9. The summed E-state index contributed by atoms with van der Waals surface area (Å²) in [6.07, 6.45) is 35.9. The molecule has 1 aliphatic heterocycles. The summed E-state index contributed by atoms with van der Waals surface area (Å²) < 4.78 is 11.1. The van der Waals surface area contributed by atoms with E-state index in [-0.39, 0.29) is 13.0 Å². The summed E-state index contributed by atoms with van der Waals surface area (Å²) in [6, 6.07) is -1.01. The fourth-order valence-corrected chi connectivity index (χ4v) is 6.48. The first-order valence-electron chi connectivity index (χ1n) is 22.1. The van der Waals surface area contributed by atoms with Crippen LogP contribution in [0.25, 0.3) is 0 Å². The van der Waals surface area contributed by atoms with Gasteiger partial charge in [-0.25, -0.2) is 0 Å². The molecule has 1 rings (SSSR count). The Morgan fingerprint density at radius 1 is 0.625 bits per heavy atom. The predicted octanol–water partition coefficient (Wildman–Crippen LogP) is 7.80. The van der Waals surface area contributed by atoms with Crippen molar-refractivity contribution in [2.45, 2.75) is 210 Å². The third-order valence-electron chi connectivity index (χ3n) is 10.2. The van der Waals surface area contributed by atoms with Gasteiger partial charge in [-0.1, -0.05) is 152 Å². The number of unbranched alkanes of at least 4 members (excludes halogenated alkanes) is 17. The van der Waals surface area contributed by atoms with Gasteiger partial charge in [0.2, 0.25) is 5.91 Å². The van der Waals surface area contributed by atoms with Gasteiger partial charge in [-0.3, -0.25) is 4.79 Å². The van der Waals surface area contributed by atoms with Crippen molar-refractivity contribution in [3.63, 3.8) is 0 Å². The van der Waals surface area contributed by atoms with Crippen LogP contribution < -0.4 is 5.32 Å². The summed E-state index contributed by atoms with van der Waals surface area (Å²) in [5.74, 6) is -0.646. The first kappa shape index (κ1) is 51.9. The van der Waals surface area contributed by atoms with Crippen LogP contribution in [0.4, 0.5) is 0 Å². The van der Waals surface area contributed by atoms with Gasteiger partial charge >= 0.3 is 0 Å². The number of aliphatic hydroxyl groups excluding tert-OH is 6. The molecule has 10 nitrogen and oxygen atoms in total. The van der Waals surface area contributed by atoms with Gasteiger partial charge in [0.15, 0.2) is 6.29 Å². The molecule has 10 heteroatoms. The molecule has 0 aromatic carbocycles. The highest BCUT2D eigenvalue weighted by Crippen LogP contribution is 2.22. The van der Waals surface area contributed by atoms with Crippen LogP contribution in [0, 0.1) is 0 Å². The van der Waals surface area contributed by atoms with Crippen LogP contribution in [0.1, 0.15) is 162 Å². The van der Waals surface area contributed by atoms with Crippen molar-refractivity contribution < 1.29 is 44.9 Å². The molecule has 8 unspecified atom stereocenters. The maximum atomic E-state index is 13.0. The SMILES string of the molecule is CCCCC/C=C\C=C/CCCCCCCC(O)C(=O)NC(COC1OC(CO)C(O)C(O)C1O)C(O)/C=C/CC/C=C/CC/C=C/CCCCCCCCC. The molecule has 324 valence electrons. The third-order valence-corrected chi connectivity index (χ3v) is 10.2. The maximum absolute atomic E-state index is 13.0. The smallest absolute Gasteiger partial charge is 0.249 e. The van der Waals surface area contributed by atoms with Gasteiger partial charge < -0.3 is 45.4 Å². The monoisotopic (exact) mass is 792 g/mol. The van der Waals surface area contributed by atoms with E-state index in [1.54, 1.807) is 6.08 Å². The predicted molar refractivity (Wildman–Crippen MR) is 227 cm³/mol. The van der Waals surface area contributed by atoms with Gasteiger partial charge in [0.1, 0.15) is 30.5 Å².